The predicted octanol–water partition coefficient (Wildman–Crippen LogP) is 1.02. The molecule has 6 heteroatoms. The normalized spacial score (nSPS) is 9.00. The molecule has 1 aromatic heterocycles. The smallest absolute Gasteiger partial charge is 0.404 e. The monoisotopic (exact) mass is 168 g/mol. The molecule has 12 heavy (non-hydrogen) atoms. The van der Waals surface area contributed by atoms with E-state index in [1.807, 2.05) is 0 Å². The van der Waals surface area contributed by atoms with Gasteiger partial charge in [-0.25, -0.2) is 4.79 Å². The summed E-state index contributed by atoms with van der Waals surface area (Å²) >= 11 is 0. The van der Waals surface area contributed by atoms with Gasteiger partial charge < -0.3 is 4.42 Å². The molecular formula is C6H4N2O4. The van der Waals surface area contributed by atoms with Crippen molar-refractivity contribution >= 4 is 12.0 Å². The minimum Gasteiger partial charge on any atom is -0.404 e. The highest BCUT2D eigenvalue weighted by Crippen LogP contribution is 2.15. The highest BCUT2D eigenvalue weighted by molar-refractivity contribution is 5.33. The van der Waals surface area contributed by atoms with Crippen LogP contribution in [0.2, 0.25) is 0 Å². The second-order valence-electron chi connectivity index (χ2n) is 1.90. The third-order valence-electron chi connectivity index (χ3n) is 1.13. The lowest BCUT2D eigenvalue weighted by molar-refractivity contribution is -0.402. The maximum Gasteiger partial charge on any atom is 0.433 e. The Bertz CT molecular complexity index is 337. The molecule has 1 rings (SSSR count). The Hall–Kier alpha value is -1.94. The summed E-state index contributed by atoms with van der Waals surface area (Å²) in [6.45, 7) is -0.0165. The van der Waals surface area contributed by atoms with Gasteiger partial charge in [0.05, 0.1) is 6.07 Å². The Kier molecular flexibility index (Phi) is 2.35. The van der Waals surface area contributed by atoms with Gasteiger partial charge in [-0.1, -0.05) is 0 Å². The maximum atomic E-state index is 10.1. The van der Waals surface area contributed by atoms with Gasteiger partial charge in [-0.2, -0.15) is 4.99 Å². The van der Waals surface area contributed by atoms with Crippen LogP contribution >= 0.6 is 0 Å². The van der Waals surface area contributed by atoms with Crippen LogP contribution in [0.1, 0.15) is 5.76 Å². The van der Waals surface area contributed by atoms with Crippen molar-refractivity contribution in [3.05, 3.63) is 28.0 Å². The molecule has 0 unspecified atom stereocenters. The lowest BCUT2D eigenvalue weighted by atomic mass is 10.4. The highest BCUT2D eigenvalue weighted by atomic mass is 16.6. The van der Waals surface area contributed by atoms with Crippen LogP contribution in [0, 0.1) is 10.1 Å². The molecule has 1 heterocycles. The molecule has 0 spiro atoms. The van der Waals surface area contributed by atoms with Gasteiger partial charge in [0, 0.05) is 0 Å². The van der Waals surface area contributed by atoms with Crippen LogP contribution in [-0.2, 0) is 11.3 Å². The standard InChI is InChI=1S/C6H4N2O4/c9-4-7-3-5-1-2-6(12-5)8(10)11/h1-2H,3H2. The molecule has 0 aliphatic heterocycles. The first kappa shape index (κ1) is 8.16. The largest absolute Gasteiger partial charge is 0.433 e. The Morgan fingerprint density at radius 1 is 1.67 bits per heavy atom. The summed E-state index contributed by atoms with van der Waals surface area (Å²) in [6, 6.07) is 2.59. The Morgan fingerprint density at radius 3 is 2.92 bits per heavy atom. The zero-order chi connectivity index (χ0) is 8.97. The summed E-state index contributed by atoms with van der Waals surface area (Å²) in [5.74, 6) is -0.0869. The fourth-order valence-electron chi connectivity index (χ4n) is 0.660. The lowest BCUT2D eigenvalue weighted by Gasteiger charge is -1.83. The minimum absolute atomic E-state index is 0.0165. The van der Waals surface area contributed by atoms with Crippen molar-refractivity contribution in [3.8, 4) is 0 Å². The fourth-order valence-corrected chi connectivity index (χ4v) is 0.660. The quantitative estimate of drug-likeness (QED) is 0.292. The second kappa shape index (κ2) is 3.45. The summed E-state index contributed by atoms with van der Waals surface area (Å²) in [7, 11) is 0. The minimum atomic E-state index is -0.659. The number of rotatable bonds is 3. The van der Waals surface area contributed by atoms with Crippen LogP contribution in [0.15, 0.2) is 21.5 Å². The Morgan fingerprint density at radius 2 is 2.42 bits per heavy atom. The topological polar surface area (TPSA) is 85.7 Å². The van der Waals surface area contributed by atoms with Crippen molar-refractivity contribution in [2.45, 2.75) is 6.54 Å². The summed E-state index contributed by atoms with van der Waals surface area (Å²) in [6.07, 6.45) is 1.30. The van der Waals surface area contributed by atoms with E-state index in [9.17, 15) is 14.9 Å². The van der Waals surface area contributed by atoms with Crippen LogP contribution in [0.3, 0.4) is 0 Å². The van der Waals surface area contributed by atoms with E-state index in [0.29, 0.717) is 0 Å². The molecule has 0 aliphatic rings. The Labute approximate surface area is 66.7 Å². The van der Waals surface area contributed by atoms with E-state index in [1.165, 1.54) is 18.2 Å². The molecule has 0 radical (unpaired) electrons. The second-order valence-corrected chi connectivity index (χ2v) is 1.90. The number of nitro groups is 1. The van der Waals surface area contributed by atoms with Gasteiger partial charge in [-0.15, -0.1) is 0 Å². The molecule has 0 fully saturated rings. The van der Waals surface area contributed by atoms with Crippen LogP contribution in [0.5, 0.6) is 0 Å². The molecule has 0 saturated carbocycles. The van der Waals surface area contributed by atoms with Crippen molar-refractivity contribution < 1.29 is 14.1 Å². The maximum absolute atomic E-state index is 10.1. The molecule has 6 nitrogen and oxygen atoms in total. The average molecular weight is 168 g/mol. The van der Waals surface area contributed by atoms with Crippen LogP contribution in [0.4, 0.5) is 5.88 Å². The first-order valence-corrected chi connectivity index (χ1v) is 3.01. The molecule has 0 bridgehead atoms. The first-order valence-electron chi connectivity index (χ1n) is 3.01. The average Bonchev–Trinajstić information content (AvgIpc) is 2.48. The van der Waals surface area contributed by atoms with Gasteiger partial charge in [-0.05, 0) is 6.07 Å². The van der Waals surface area contributed by atoms with Gasteiger partial charge in [0.2, 0.25) is 6.08 Å². The zero-order valence-corrected chi connectivity index (χ0v) is 5.89. The van der Waals surface area contributed by atoms with E-state index in [4.69, 9.17) is 0 Å². The molecule has 0 saturated heterocycles. The van der Waals surface area contributed by atoms with Gasteiger partial charge in [0.1, 0.15) is 17.2 Å². The number of furan rings is 1. The van der Waals surface area contributed by atoms with Crippen molar-refractivity contribution in [2.24, 2.45) is 4.99 Å². The van der Waals surface area contributed by atoms with Crippen molar-refractivity contribution in [1.29, 1.82) is 0 Å². The van der Waals surface area contributed by atoms with E-state index in [-0.39, 0.29) is 18.2 Å². The van der Waals surface area contributed by atoms with Gasteiger partial charge in [0.25, 0.3) is 0 Å². The molecule has 62 valence electrons. The fraction of sp³-hybridized carbons (Fsp3) is 0.167. The molecular weight excluding hydrogens is 164 g/mol. The third-order valence-corrected chi connectivity index (χ3v) is 1.13. The number of hydrogen-bond acceptors (Lipinski definition) is 5. The van der Waals surface area contributed by atoms with Crippen LogP contribution in [-0.4, -0.2) is 11.0 Å². The number of hydrogen-bond donors (Lipinski definition) is 0. The summed E-state index contributed by atoms with van der Waals surface area (Å²) in [5.41, 5.74) is 0. The zero-order valence-electron chi connectivity index (χ0n) is 5.89. The predicted molar refractivity (Wildman–Crippen MR) is 37.2 cm³/mol. The first-order chi connectivity index (χ1) is 5.74. The number of nitrogens with zero attached hydrogens (tertiary/aromatic N) is 2. The number of carbonyl (C=O) groups excluding carboxylic acids is 1. The van der Waals surface area contributed by atoms with E-state index < -0.39 is 4.92 Å². The van der Waals surface area contributed by atoms with Crippen LogP contribution < -0.4 is 0 Å². The van der Waals surface area contributed by atoms with E-state index >= 15 is 0 Å². The van der Waals surface area contributed by atoms with E-state index in [0.717, 1.165) is 0 Å². The molecule has 0 aromatic carbocycles. The van der Waals surface area contributed by atoms with Crippen molar-refractivity contribution in [1.82, 2.24) is 0 Å². The summed E-state index contributed by atoms with van der Waals surface area (Å²) in [5, 5.41) is 10.1. The van der Waals surface area contributed by atoms with Crippen molar-refractivity contribution in [3.63, 3.8) is 0 Å². The van der Waals surface area contributed by atoms with Gasteiger partial charge >= 0.3 is 5.88 Å². The Balaban J connectivity index is 2.77. The molecule has 1 aromatic rings. The van der Waals surface area contributed by atoms with Crippen molar-refractivity contribution in [2.75, 3.05) is 0 Å². The molecule has 0 atom stereocenters. The number of isocyanates is 1. The highest BCUT2D eigenvalue weighted by Gasteiger charge is 2.10. The summed E-state index contributed by atoms with van der Waals surface area (Å²) in [4.78, 5) is 22.3. The lowest BCUT2D eigenvalue weighted by Crippen LogP contribution is -1.83. The molecule has 0 amide bonds. The van der Waals surface area contributed by atoms with Gasteiger partial charge in [0.15, 0.2) is 0 Å². The molecule has 0 aliphatic carbocycles. The van der Waals surface area contributed by atoms with E-state index in [1.54, 1.807) is 0 Å². The number of aliphatic imine (C=N–C) groups is 1. The van der Waals surface area contributed by atoms with Gasteiger partial charge in [-0.3, -0.25) is 10.1 Å². The van der Waals surface area contributed by atoms with Crippen LogP contribution in [0.25, 0.3) is 0 Å². The molecule has 0 N–H and O–H groups in total. The summed E-state index contributed by atoms with van der Waals surface area (Å²) < 4.78 is 4.68. The SMILES string of the molecule is O=C=NCc1ccc([N+](=O)[O-])o1. The third kappa shape index (κ3) is 1.77. The van der Waals surface area contributed by atoms with E-state index in [2.05, 4.69) is 9.41 Å².